The first-order valence-corrected chi connectivity index (χ1v) is 6.12. The molecular formula is C13H15FN4O. The van der Waals surface area contributed by atoms with E-state index in [0.717, 1.165) is 19.2 Å². The summed E-state index contributed by atoms with van der Waals surface area (Å²) in [6, 6.07) is 4.21. The van der Waals surface area contributed by atoms with Crippen LogP contribution in [-0.2, 0) is 6.54 Å². The van der Waals surface area contributed by atoms with Gasteiger partial charge in [0.1, 0.15) is 11.5 Å². The van der Waals surface area contributed by atoms with Crippen LogP contribution in [0.25, 0.3) is 11.5 Å². The summed E-state index contributed by atoms with van der Waals surface area (Å²) in [4.78, 5) is 22.4. The highest BCUT2D eigenvalue weighted by Gasteiger charge is 2.05. The molecule has 0 radical (unpaired) electrons. The van der Waals surface area contributed by atoms with Crippen LogP contribution in [0, 0.1) is 5.82 Å². The smallest absolute Gasteiger partial charge is 0.251 e. The SMILES string of the molecule is CCCNCc1cc(=O)[nH]c(-c2ccc(F)cn2)n1. The van der Waals surface area contributed by atoms with Crippen LogP contribution in [0.2, 0.25) is 0 Å². The fraction of sp³-hybridized carbons (Fsp3) is 0.308. The highest BCUT2D eigenvalue weighted by Crippen LogP contribution is 2.10. The molecule has 19 heavy (non-hydrogen) atoms. The van der Waals surface area contributed by atoms with E-state index in [9.17, 15) is 9.18 Å². The van der Waals surface area contributed by atoms with Crippen molar-refractivity contribution in [3.05, 3.63) is 46.3 Å². The van der Waals surface area contributed by atoms with E-state index in [1.807, 2.05) is 0 Å². The molecule has 0 bridgehead atoms. The molecule has 0 aliphatic carbocycles. The maximum absolute atomic E-state index is 12.8. The van der Waals surface area contributed by atoms with Gasteiger partial charge in [-0.25, -0.2) is 14.4 Å². The molecular weight excluding hydrogens is 247 g/mol. The van der Waals surface area contributed by atoms with Gasteiger partial charge in [-0.2, -0.15) is 0 Å². The van der Waals surface area contributed by atoms with Crippen LogP contribution < -0.4 is 10.9 Å². The van der Waals surface area contributed by atoms with Crippen molar-refractivity contribution in [2.45, 2.75) is 19.9 Å². The van der Waals surface area contributed by atoms with Gasteiger partial charge in [0.2, 0.25) is 0 Å². The summed E-state index contributed by atoms with van der Waals surface area (Å²) in [5, 5.41) is 3.17. The summed E-state index contributed by atoms with van der Waals surface area (Å²) in [6.45, 7) is 3.44. The van der Waals surface area contributed by atoms with Crippen molar-refractivity contribution in [2.24, 2.45) is 0 Å². The van der Waals surface area contributed by atoms with Gasteiger partial charge >= 0.3 is 0 Å². The molecule has 0 spiro atoms. The van der Waals surface area contributed by atoms with E-state index in [2.05, 4.69) is 27.2 Å². The third-order valence-corrected chi connectivity index (χ3v) is 2.50. The van der Waals surface area contributed by atoms with Crippen molar-refractivity contribution < 1.29 is 4.39 Å². The lowest BCUT2D eigenvalue weighted by molar-refractivity contribution is 0.621. The Morgan fingerprint density at radius 3 is 2.95 bits per heavy atom. The summed E-state index contributed by atoms with van der Waals surface area (Å²) in [5.41, 5.74) is 0.832. The number of rotatable bonds is 5. The second kappa shape index (κ2) is 6.19. The molecule has 2 rings (SSSR count). The number of halogens is 1. The number of aromatic amines is 1. The first kappa shape index (κ1) is 13.4. The molecule has 0 atom stereocenters. The Balaban J connectivity index is 2.25. The summed E-state index contributed by atoms with van der Waals surface area (Å²) >= 11 is 0. The van der Waals surface area contributed by atoms with E-state index in [-0.39, 0.29) is 5.56 Å². The van der Waals surface area contributed by atoms with Gasteiger partial charge in [-0.05, 0) is 25.1 Å². The second-order valence-electron chi connectivity index (χ2n) is 4.12. The predicted octanol–water partition coefficient (Wildman–Crippen LogP) is 1.47. The molecule has 5 nitrogen and oxygen atoms in total. The second-order valence-corrected chi connectivity index (χ2v) is 4.12. The zero-order chi connectivity index (χ0) is 13.7. The number of pyridine rings is 1. The molecule has 0 saturated heterocycles. The average Bonchev–Trinajstić information content (AvgIpc) is 2.39. The molecule has 0 aliphatic rings. The molecule has 6 heteroatoms. The third kappa shape index (κ3) is 3.69. The van der Waals surface area contributed by atoms with E-state index in [4.69, 9.17) is 0 Å². The van der Waals surface area contributed by atoms with Crippen molar-refractivity contribution in [3.63, 3.8) is 0 Å². The summed E-state index contributed by atoms with van der Waals surface area (Å²) in [5.74, 6) is -0.0762. The zero-order valence-electron chi connectivity index (χ0n) is 10.6. The monoisotopic (exact) mass is 262 g/mol. The lowest BCUT2D eigenvalue weighted by Crippen LogP contribution is -2.18. The maximum Gasteiger partial charge on any atom is 0.251 e. The van der Waals surface area contributed by atoms with E-state index in [1.165, 1.54) is 18.2 Å². The van der Waals surface area contributed by atoms with Crippen LogP contribution in [0.4, 0.5) is 4.39 Å². The molecule has 2 heterocycles. The molecule has 100 valence electrons. The van der Waals surface area contributed by atoms with Crippen molar-refractivity contribution in [1.82, 2.24) is 20.3 Å². The molecule has 0 aromatic carbocycles. The van der Waals surface area contributed by atoms with Crippen molar-refractivity contribution in [1.29, 1.82) is 0 Å². The summed E-state index contributed by atoms with van der Waals surface area (Å²) < 4.78 is 12.8. The van der Waals surface area contributed by atoms with E-state index in [1.54, 1.807) is 0 Å². The van der Waals surface area contributed by atoms with Crippen LogP contribution in [-0.4, -0.2) is 21.5 Å². The van der Waals surface area contributed by atoms with Crippen molar-refractivity contribution >= 4 is 0 Å². The van der Waals surface area contributed by atoms with Gasteiger partial charge in [0.05, 0.1) is 11.9 Å². The minimum Gasteiger partial charge on any atom is -0.311 e. The number of H-pyrrole nitrogens is 1. The Kier molecular flexibility index (Phi) is 4.35. The molecule has 0 fully saturated rings. The molecule has 0 aliphatic heterocycles. The Morgan fingerprint density at radius 2 is 2.26 bits per heavy atom. The Morgan fingerprint density at radius 1 is 1.42 bits per heavy atom. The van der Waals surface area contributed by atoms with E-state index in [0.29, 0.717) is 23.8 Å². The highest BCUT2D eigenvalue weighted by atomic mass is 19.1. The molecule has 2 N–H and O–H groups in total. The van der Waals surface area contributed by atoms with Crippen LogP contribution in [0.15, 0.2) is 29.2 Å². The highest BCUT2D eigenvalue weighted by molar-refractivity contribution is 5.48. The van der Waals surface area contributed by atoms with Crippen LogP contribution in [0.3, 0.4) is 0 Å². The summed E-state index contributed by atoms with van der Waals surface area (Å²) in [7, 11) is 0. The predicted molar refractivity (Wildman–Crippen MR) is 70.0 cm³/mol. The maximum atomic E-state index is 12.8. The minimum absolute atomic E-state index is 0.246. The van der Waals surface area contributed by atoms with Gasteiger partial charge in [-0.15, -0.1) is 0 Å². The van der Waals surface area contributed by atoms with Crippen LogP contribution in [0.1, 0.15) is 19.0 Å². The normalized spacial score (nSPS) is 10.6. The van der Waals surface area contributed by atoms with Crippen molar-refractivity contribution in [2.75, 3.05) is 6.54 Å². The van der Waals surface area contributed by atoms with Crippen molar-refractivity contribution in [3.8, 4) is 11.5 Å². The molecule has 0 amide bonds. The fourth-order valence-corrected chi connectivity index (χ4v) is 1.63. The van der Waals surface area contributed by atoms with Gasteiger partial charge in [-0.1, -0.05) is 6.92 Å². The molecule has 0 unspecified atom stereocenters. The lowest BCUT2D eigenvalue weighted by atomic mass is 10.3. The molecule has 0 saturated carbocycles. The number of hydrogen-bond donors (Lipinski definition) is 2. The largest absolute Gasteiger partial charge is 0.311 e. The van der Waals surface area contributed by atoms with E-state index >= 15 is 0 Å². The first-order chi connectivity index (χ1) is 9.19. The number of aromatic nitrogens is 3. The van der Waals surface area contributed by atoms with Gasteiger partial charge < -0.3 is 10.3 Å². The van der Waals surface area contributed by atoms with Gasteiger partial charge in [0.25, 0.3) is 5.56 Å². The minimum atomic E-state index is -0.424. The Bertz CT molecular complexity index is 594. The standard InChI is InChI=1S/C13H15FN4O/c1-2-5-15-8-10-6-12(19)18-13(17-10)11-4-3-9(14)7-16-11/h3-4,6-7,15H,2,5,8H2,1H3,(H,17,18,19). The Labute approximate surface area is 109 Å². The third-order valence-electron chi connectivity index (χ3n) is 2.50. The quantitative estimate of drug-likeness (QED) is 0.800. The molecule has 2 aromatic heterocycles. The van der Waals surface area contributed by atoms with Crippen LogP contribution >= 0.6 is 0 Å². The van der Waals surface area contributed by atoms with Gasteiger partial charge in [0, 0.05) is 12.6 Å². The number of nitrogens with zero attached hydrogens (tertiary/aromatic N) is 2. The Hall–Kier alpha value is -2.08. The average molecular weight is 262 g/mol. The lowest BCUT2D eigenvalue weighted by Gasteiger charge is -2.05. The van der Waals surface area contributed by atoms with Gasteiger partial charge in [0.15, 0.2) is 5.82 Å². The van der Waals surface area contributed by atoms with E-state index < -0.39 is 5.82 Å². The first-order valence-electron chi connectivity index (χ1n) is 6.12. The zero-order valence-corrected chi connectivity index (χ0v) is 10.6. The summed E-state index contributed by atoms with van der Waals surface area (Å²) in [6.07, 6.45) is 2.10. The van der Waals surface area contributed by atoms with Gasteiger partial charge in [-0.3, -0.25) is 4.79 Å². The number of nitrogens with one attached hydrogen (secondary N) is 2. The molecule has 2 aromatic rings. The fourth-order valence-electron chi connectivity index (χ4n) is 1.63. The van der Waals surface area contributed by atoms with Crippen LogP contribution in [0.5, 0.6) is 0 Å². The topological polar surface area (TPSA) is 70.7 Å². The number of hydrogen-bond acceptors (Lipinski definition) is 4.